The molecule has 0 aliphatic carbocycles. The molecule has 1 saturated heterocycles. The van der Waals surface area contributed by atoms with Gasteiger partial charge in [-0.2, -0.15) is 0 Å². The number of imidazole rings is 1. The first-order valence-corrected chi connectivity index (χ1v) is 13.2. The molecule has 1 atom stereocenters. The molecule has 3 heterocycles. The smallest absolute Gasteiger partial charge is 0.407 e. The van der Waals surface area contributed by atoms with E-state index in [1.807, 2.05) is 55.2 Å². The Labute approximate surface area is 229 Å². The van der Waals surface area contributed by atoms with Crippen molar-refractivity contribution < 1.29 is 19.4 Å². The van der Waals surface area contributed by atoms with E-state index in [0.717, 1.165) is 35.6 Å². The number of benzene rings is 1. The van der Waals surface area contributed by atoms with Crippen molar-refractivity contribution in [3.8, 4) is 22.8 Å². The minimum absolute atomic E-state index is 0.117. The zero-order chi connectivity index (χ0) is 27.6. The van der Waals surface area contributed by atoms with E-state index in [9.17, 15) is 9.90 Å². The van der Waals surface area contributed by atoms with Crippen LogP contribution in [0, 0.1) is 5.41 Å². The molecule has 0 radical (unpaired) electrons. The maximum Gasteiger partial charge on any atom is 0.407 e. The second-order valence-electron chi connectivity index (χ2n) is 11.1. The number of ether oxygens (including phenoxy) is 2. The van der Waals surface area contributed by atoms with Crippen molar-refractivity contribution >= 4 is 29.0 Å². The number of rotatable bonds is 8. The quantitative estimate of drug-likeness (QED) is 0.390. The van der Waals surface area contributed by atoms with E-state index in [0.29, 0.717) is 42.8 Å². The van der Waals surface area contributed by atoms with Gasteiger partial charge in [0.15, 0.2) is 0 Å². The van der Waals surface area contributed by atoms with Crippen LogP contribution in [0.1, 0.15) is 27.2 Å². The molecule has 1 aliphatic heterocycles. The van der Waals surface area contributed by atoms with Crippen LogP contribution in [-0.2, 0) is 0 Å². The fourth-order valence-electron chi connectivity index (χ4n) is 4.86. The topological polar surface area (TPSA) is 82.8 Å². The molecule has 0 bridgehead atoms. The SMILES string of the molecule is COc1cc(OCCCN(C)C)c(-c2cn3ccc(N4CCN(C(=O)O)C(C(C)(C)C)C4)cc3n2)cc1Cl. The van der Waals surface area contributed by atoms with Crippen LogP contribution in [0.5, 0.6) is 11.5 Å². The van der Waals surface area contributed by atoms with Gasteiger partial charge in [0.2, 0.25) is 0 Å². The molecule has 1 aliphatic rings. The fraction of sp³-hybridized carbons (Fsp3) is 0.500. The molecule has 38 heavy (non-hydrogen) atoms. The molecule has 0 spiro atoms. The molecule has 1 N–H and O–H groups in total. The second-order valence-corrected chi connectivity index (χ2v) is 11.5. The molecule has 10 heteroatoms. The van der Waals surface area contributed by atoms with E-state index in [4.69, 9.17) is 26.1 Å². The molecule has 4 rings (SSSR count). The highest BCUT2D eigenvalue weighted by Crippen LogP contribution is 2.39. The van der Waals surface area contributed by atoms with E-state index in [-0.39, 0.29) is 11.5 Å². The van der Waals surface area contributed by atoms with Gasteiger partial charge in [-0.15, -0.1) is 0 Å². The number of pyridine rings is 1. The third-order valence-corrected chi connectivity index (χ3v) is 7.27. The summed E-state index contributed by atoms with van der Waals surface area (Å²) in [5.41, 5.74) is 3.17. The Hall–Kier alpha value is -3.17. The highest BCUT2D eigenvalue weighted by Gasteiger charge is 2.38. The second kappa shape index (κ2) is 11.3. The van der Waals surface area contributed by atoms with Crippen LogP contribution >= 0.6 is 11.6 Å². The van der Waals surface area contributed by atoms with Crippen molar-refractivity contribution in [1.82, 2.24) is 19.2 Å². The monoisotopic (exact) mass is 543 g/mol. The third-order valence-electron chi connectivity index (χ3n) is 6.97. The summed E-state index contributed by atoms with van der Waals surface area (Å²) in [6, 6.07) is 7.63. The van der Waals surface area contributed by atoms with Crippen molar-refractivity contribution in [2.24, 2.45) is 5.41 Å². The van der Waals surface area contributed by atoms with Gasteiger partial charge < -0.3 is 33.7 Å². The van der Waals surface area contributed by atoms with Crippen molar-refractivity contribution in [2.75, 3.05) is 58.9 Å². The summed E-state index contributed by atoms with van der Waals surface area (Å²) in [6.07, 6.45) is 3.97. The number of carboxylic acid groups (broad SMARTS) is 1. The maximum atomic E-state index is 11.8. The summed E-state index contributed by atoms with van der Waals surface area (Å²) in [6.45, 7) is 9.45. The molecule has 0 saturated carbocycles. The number of methoxy groups -OCH3 is 1. The van der Waals surface area contributed by atoms with Gasteiger partial charge in [-0.1, -0.05) is 32.4 Å². The number of hydrogen-bond acceptors (Lipinski definition) is 6. The third kappa shape index (κ3) is 6.10. The Bertz CT molecular complexity index is 1290. The van der Waals surface area contributed by atoms with Crippen molar-refractivity contribution in [3.05, 3.63) is 41.7 Å². The number of halogens is 1. The molecule has 9 nitrogen and oxygen atoms in total. The van der Waals surface area contributed by atoms with Crippen LogP contribution in [0.3, 0.4) is 0 Å². The van der Waals surface area contributed by atoms with Gasteiger partial charge in [0.25, 0.3) is 0 Å². The number of nitrogens with zero attached hydrogens (tertiary/aromatic N) is 5. The Morgan fingerprint density at radius 2 is 1.97 bits per heavy atom. The van der Waals surface area contributed by atoms with Gasteiger partial charge in [0.1, 0.15) is 17.1 Å². The normalized spacial score (nSPS) is 16.4. The number of aromatic nitrogens is 2. The Morgan fingerprint density at radius 1 is 1.21 bits per heavy atom. The van der Waals surface area contributed by atoms with Crippen LogP contribution in [0.15, 0.2) is 36.7 Å². The molecule has 3 aromatic rings. The lowest BCUT2D eigenvalue weighted by molar-refractivity contribution is 0.0748. The summed E-state index contributed by atoms with van der Waals surface area (Å²) < 4.78 is 13.6. The number of hydrogen-bond donors (Lipinski definition) is 1. The summed E-state index contributed by atoms with van der Waals surface area (Å²) >= 11 is 6.49. The van der Waals surface area contributed by atoms with Crippen LogP contribution in [0.4, 0.5) is 10.5 Å². The molecule has 2 aromatic heterocycles. The van der Waals surface area contributed by atoms with Crippen LogP contribution in [0.25, 0.3) is 16.9 Å². The summed E-state index contributed by atoms with van der Waals surface area (Å²) in [5.74, 6) is 1.23. The molecular weight excluding hydrogens is 506 g/mol. The van der Waals surface area contributed by atoms with E-state index < -0.39 is 6.09 Å². The maximum absolute atomic E-state index is 11.8. The molecule has 1 fully saturated rings. The van der Waals surface area contributed by atoms with Gasteiger partial charge in [0, 0.05) is 62.0 Å². The first-order valence-electron chi connectivity index (χ1n) is 12.9. The van der Waals surface area contributed by atoms with Crippen LogP contribution in [0.2, 0.25) is 5.02 Å². The Kier molecular flexibility index (Phi) is 8.28. The zero-order valence-electron chi connectivity index (χ0n) is 23.1. The number of carbonyl (C=O) groups is 1. The van der Waals surface area contributed by atoms with Gasteiger partial charge in [0.05, 0.1) is 30.5 Å². The van der Waals surface area contributed by atoms with Crippen LogP contribution in [-0.4, -0.2) is 90.4 Å². The first-order chi connectivity index (χ1) is 18.0. The van der Waals surface area contributed by atoms with Crippen LogP contribution < -0.4 is 14.4 Å². The predicted molar refractivity (Wildman–Crippen MR) is 151 cm³/mol. The minimum Gasteiger partial charge on any atom is -0.495 e. The lowest BCUT2D eigenvalue weighted by Gasteiger charge is -2.46. The standard InChI is InChI=1S/C28H38ClN5O4/c1-28(2,3)25-18-32(11-12-34(25)27(35)36)19-8-10-33-17-22(30-26(33)14-19)20-15-21(29)24(37-6)16-23(20)38-13-7-9-31(4)5/h8,10,14-17,25H,7,9,11-13,18H2,1-6H3,(H,35,36). The van der Waals surface area contributed by atoms with E-state index in [1.165, 1.54) is 0 Å². The molecular formula is C28H38ClN5O4. The first kappa shape index (κ1) is 27.9. The number of fused-ring (bicyclic) bond motifs is 1. The number of anilines is 1. The van der Waals surface area contributed by atoms with E-state index >= 15 is 0 Å². The molecule has 1 unspecified atom stereocenters. The Morgan fingerprint density at radius 3 is 2.63 bits per heavy atom. The van der Waals surface area contributed by atoms with Crippen molar-refractivity contribution in [2.45, 2.75) is 33.2 Å². The van der Waals surface area contributed by atoms with Crippen molar-refractivity contribution in [3.63, 3.8) is 0 Å². The lowest BCUT2D eigenvalue weighted by atomic mass is 9.84. The predicted octanol–water partition coefficient (Wildman–Crippen LogP) is 5.21. The highest BCUT2D eigenvalue weighted by atomic mass is 35.5. The average Bonchev–Trinajstić information content (AvgIpc) is 3.29. The van der Waals surface area contributed by atoms with Gasteiger partial charge in [-0.25, -0.2) is 9.78 Å². The zero-order valence-corrected chi connectivity index (χ0v) is 23.8. The van der Waals surface area contributed by atoms with Crippen molar-refractivity contribution in [1.29, 1.82) is 0 Å². The largest absolute Gasteiger partial charge is 0.495 e. The number of piperazine rings is 1. The van der Waals surface area contributed by atoms with Gasteiger partial charge in [-0.3, -0.25) is 0 Å². The number of amides is 1. The van der Waals surface area contributed by atoms with Gasteiger partial charge >= 0.3 is 6.09 Å². The lowest BCUT2D eigenvalue weighted by Crippen LogP contribution is -2.59. The minimum atomic E-state index is -0.865. The Balaban J connectivity index is 1.62. The molecule has 1 aromatic carbocycles. The summed E-state index contributed by atoms with van der Waals surface area (Å²) in [7, 11) is 5.66. The summed E-state index contributed by atoms with van der Waals surface area (Å²) in [4.78, 5) is 22.7. The highest BCUT2D eigenvalue weighted by molar-refractivity contribution is 6.32. The molecule has 206 valence electrons. The molecule has 1 amide bonds. The van der Waals surface area contributed by atoms with E-state index in [1.54, 1.807) is 12.0 Å². The average molecular weight is 544 g/mol. The van der Waals surface area contributed by atoms with Gasteiger partial charge in [-0.05, 0) is 38.1 Å². The summed E-state index contributed by atoms with van der Waals surface area (Å²) in [5, 5.41) is 10.2. The van der Waals surface area contributed by atoms with E-state index in [2.05, 4.69) is 30.6 Å². The fourth-order valence-corrected chi connectivity index (χ4v) is 5.10.